The molecule has 0 spiro atoms. The van der Waals surface area contributed by atoms with E-state index in [9.17, 15) is 18.0 Å². The van der Waals surface area contributed by atoms with Crippen molar-refractivity contribution in [1.82, 2.24) is 19.1 Å². The molecule has 2 aromatic carbocycles. The first kappa shape index (κ1) is 42.0. The first-order chi connectivity index (χ1) is 25.8. The molecular weight excluding hydrogens is 831 g/mol. The zero-order chi connectivity index (χ0) is 40.5. The molecule has 14 heteroatoms. The lowest BCUT2D eigenvalue weighted by atomic mass is 10.0. The first-order valence-corrected chi connectivity index (χ1v) is 21.2. The van der Waals surface area contributed by atoms with Gasteiger partial charge in [0.25, 0.3) is 11.1 Å². The number of aromatic nitrogens is 4. The Hall–Kier alpha value is -4.12. The highest BCUT2D eigenvalue weighted by atomic mass is 127. The second-order valence-corrected chi connectivity index (χ2v) is 18.3. The number of benzene rings is 2. The molecule has 0 unspecified atom stereocenters. The van der Waals surface area contributed by atoms with Crippen LogP contribution >= 0.6 is 22.6 Å². The van der Waals surface area contributed by atoms with Crippen molar-refractivity contribution in [2.75, 3.05) is 19.5 Å². The predicted octanol–water partition coefficient (Wildman–Crippen LogP) is 6.30. The van der Waals surface area contributed by atoms with E-state index in [4.69, 9.17) is 20.9 Å². The third-order valence-electron chi connectivity index (χ3n) is 9.59. The standard InChI is InChI=1S/C21H27N3O4S.C20H24IN3O2/c1-12(2)8-14(22)11-28-18-10-17-16(9-19(18)29(5,26)27)15-6-7-23-13(3)20(15)21(25)24(17)4;1-11(2)7-13(22)10-26-18-9-17-15(8-16(18)21)14-5-6-23-12(3)19(14)20(25)24(17)4/h6-7,9-10,12,14H,8,11,22H2,1-5H3;5-6,8-9,11,13H,7,10,22H2,1-4H3/t14-;13-/m00/s1. The summed E-state index contributed by atoms with van der Waals surface area (Å²) in [5.41, 5.74) is 14.8. The molecule has 4 heterocycles. The molecule has 55 heavy (non-hydrogen) atoms. The van der Waals surface area contributed by atoms with Crippen molar-refractivity contribution >= 4 is 75.8 Å². The van der Waals surface area contributed by atoms with Gasteiger partial charge in [0.15, 0.2) is 9.84 Å². The van der Waals surface area contributed by atoms with E-state index < -0.39 is 9.84 Å². The van der Waals surface area contributed by atoms with E-state index in [2.05, 4.69) is 66.3 Å². The number of rotatable bonds is 11. The lowest BCUT2D eigenvalue weighted by Crippen LogP contribution is -2.29. The van der Waals surface area contributed by atoms with Crippen molar-refractivity contribution in [2.45, 2.75) is 71.4 Å². The fourth-order valence-electron chi connectivity index (χ4n) is 7.01. The first-order valence-electron chi connectivity index (χ1n) is 18.3. The maximum Gasteiger partial charge on any atom is 0.260 e. The van der Waals surface area contributed by atoms with Crippen LogP contribution in [-0.4, -0.2) is 59.1 Å². The highest BCUT2D eigenvalue weighted by Gasteiger charge is 2.21. The van der Waals surface area contributed by atoms with E-state index in [0.717, 1.165) is 50.4 Å². The van der Waals surface area contributed by atoms with Gasteiger partial charge in [-0.2, -0.15) is 0 Å². The molecule has 0 bridgehead atoms. The van der Waals surface area contributed by atoms with E-state index >= 15 is 0 Å². The van der Waals surface area contributed by atoms with Crippen molar-refractivity contribution in [3.8, 4) is 11.5 Å². The molecule has 294 valence electrons. The van der Waals surface area contributed by atoms with Crippen LogP contribution < -0.4 is 32.1 Å². The summed E-state index contributed by atoms with van der Waals surface area (Å²) in [4.78, 5) is 34.3. The van der Waals surface area contributed by atoms with Crippen LogP contribution in [0.1, 0.15) is 51.9 Å². The fraction of sp³-hybridized carbons (Fsp3) is 0.415. The Balaban J connectivity index is 0.000000212. The molecule has 0 fully saturated rings. The smallest absolute Gasteiger partial charge is 0.260 e. The van der Waals surface area contributed by atoms with E-state index in [1.165, 1.54) is 4.57 Å². The Labute approximate surface area is 335 Å². The molecule has 0 saturated heterocycles. The SMILES string of the molecule is Cc1nccc2c1c(=O)n(C)c1cc(OC[C@@H](N)CC(C)C)c(I)cc21.Cc1nccc2c1c(=O)n(C)c1cc(OC[C@@H](N)CC(C)C)c(S(C)(=O)=O)cc21. The van der Waals surface area contributed by atoms with Gasteiger partial charge in [0.1, 0.15) is 29.6 Å². The Morgan fingerprint density at radius 1 is 0.709 bits per heavy atom. The normalized spacial score (nSPS) is 13.1. The molecule has 12 nitrogen and oxygen atoms in total. The van der Waals surface area contributed by atoms with E-state index in [1.807, 2.05) is 19.1 Å². The number of fused-ring (bicyclic) bond motifs is 6. The number of ether oxygens (including phenoxy) is 2. The summed E-state index contributed by atoms with van der Waals surface area (Å²) in [5, 5.41) is 4.43. The maximum absolute atomic E-state index is 12.9. The van der Waals surface area contributed by atoms with Gasteiger partial charge in [-0.25, -0.2) is 8.42 Å². The van der Waals surface area contributed by atoms with E-state index in [0.29, 0.717) is 51.2 Å². The molecule has 0 aliphatic heterocycles. The molecule has 6 aromatic rings. The van der Waals surface area contributed by atoms with Crippen LogP contribution in [0.4, 0.5) is 0 Å². The topological polar surface area (TPSA) is 174 Å². The summed E-state index contributed by atoms with van der Waals surface area (Å²) in [6.07, 6.45) is 6.19. The van der Waals surface area contributed by atoms with Crippen molar-refractivity contribution in [3.63, 3.8) is 0 Å². The third kappa shape index (κ3) is 9.14. The Kier molecular flexibility index (Phi) is 12.9. The minimum Gasteiger partial charge on any atom is -0.491 e. The summed E-state index contributed by atoms with van der Waals surface area (Å²) in [5.74, 6) is 1.91. The van der Waals surface area contributed by atoms with Crippen LogP contribution in [-0.2, 0) is 23.9 Å². The molecule has 4 N–H and O–H groups in total. The van der Waals surface area contributed by atoms with Crippen LogP contribution in [0.5, 0.6) is 11.5 Å². The summed E-state index contributed by atoms with van der Waals surface area (Å²) in [6.45, 7) is 12.7. The molecular formula is C41H51IN6O6S. The zero-order valence-electron chi connectivity index (χ0n) is 32.9. The van der Waals surface area contributed by atoms with Crippen molar-refractivity contribution < 1.29 is 17.9 Å². The Morgan fingerprint density at radius 2 is 1.13 bits per heavy atom. The highest BCUT2D eigenvalue weighted by Crippen LogP contribution is 2.34. The lowest BCUT2D eigenvalue weighted by molar-refractivity contribution is 0.265. The number of hydrogen-bond donors (Lipinski definition) is 2. The van der Waals surface area contributed by atoms with Gasteiger partial charge in [-0.15, -0.1) is 0 Å². The van der Waals surface area contributed by atoms with Gasteiger partial charge in [-0.1, -0.05) is 27.7 Å². The van der Waals surface area contributed by atoms with Gasteiger partial charge >= 0.3 is 0 Å². The molecule has 0 amide bonds. The number of nitrogens with two attached hydrogens (primary N) is 2. The number of halogens is 1. The predicted molar refractivity (Wildman–Crippen MR) is 230 cm³/mol. The average Bonchev–Trinajstić information content (AvgIpc) is 3.10. The molecule has 0 aliphatic carbocycles. The monoisotopic (exact) mass is 882 g/mol. The van der Waals surface area contributed by atoms with Crippen molar-refractivity contribution in [2.24, 2.45) is 37.4 Å². The summed E-state index contributed by atoms with van der Waals surface area (Å²) in [7, 11) is -0.119. The van der Waals surface area contributed by atoms with Crippen LogP contribution in [0, 0.1) is 29.3 Å². The number of nitrogens with zero attached hydrogens (tertiary/aromatic N) is 4. The second kappa shape index (κ2) is 16.9. The molecule has 0 saturated carbocycles. The van der Waals surface area contributed by atoms with Crippen molar-refractivity contribution in [1.29, 1.82) is 0 Å². The number of pyridine rings is 4. The zero-order valence-corrected chi connectivity index (χ0v) is 35.9. The van der Waals surface area contributed by atoms with E-state index in [-0.39, 0.29) is 40.5 Å². The fourth-order valence-corrected chi connectivity index (χ4v) is 8.45. The average molecular weight is 883 g/mol. The van der Waals surface area contributed by atoms with Gasteiger partial charge in [0, 0.05) is 67.7 Å². The summed E-state index contributed by atoms with van der Waals surface area (Å²) in [6, 6.07) is 10.6. The Morgan fingerprint density at radius 3 is 1.56 bits per heavy atom. The molecule has 2 atom stereocenters. The third-order valence-corrected chi connectivity index (χ3v) is 11.5. The minimum absolute atomic E-state index is 0.00403. The van der Waals surface area contributed by atoms with Gasteiger partial charge < -0.3 is 30.1 Å². The minimum atomic E-state index is -3.57. The second-order valence-electron chi connectivity index (χ2n) is 15.2. The van der Waals surface area contributed by atoms with Gasteiger partial charge in [-0.05, 0) is 96.2 Å². The Bertz CT molecular complexity index is 2640. The van der Waals surface area contributed by atoms with Crippen LogP contribution in [0.2, 0.25) is 0 Å². The van der Waals surface area contributed by atoms with Crippen LogP contribution in [0.3, 0.4) is 0 Å². The molecule has 6 rings (SSSR count). The molecule has 0 aliphatic rings. The van der Waals surface area contributed by atoms with Crippen LogP contribution in [0.25, 0.3) is 43.4 Å². The number of sulfone groups is 1. The van der Waals surface area contributed by atoms with Crippen molar-refractivity contribution in [3.05, 3.63) is 84.5 Å². The number of aryl methyl sites for hydroxylation is 4. The summed E-state index contributed by atoms with van der Waals surface area (Å²) < 4.78 is 40.9. The molecule has 0 radical (unpaired) electrons. The van der Waals surface area contributed by atoms with Gasteiger partial charge in [0.2, 0.25) is 0 Å². The van der Waals surface area contributed by atoms with Gasteiger partial charge in [-0.3, -0.25) is 19.6 Å². The molecule has 4 aromatic heterocycles. The maximum atomic E-state index is 12.9. The summed E-state index contributed by atoms with van der Waals surface area (Å²) >= 11 is 2.27. The highest BCUT2D eigenvalue weighted by molar-refractivity contribution is 14.1. The number of hydrogen-bond acceptors (Lipinski definition) is 10. The quantitative estimate of drug-likeness (QED) is 0.111. The van der Waals surface area contributed by atoms with Gasteiger partial charge in [0.05, 0.1) is 36.8 Å². The largest absolute Gasteiger partial charge is 0.491 e. The van der Waals surface area contributed by atoms with E-state index in [1.54, 1.807) is 56.2 Å². The lowest BCUT2D eigenvalue weighted by Gasteiger charge is -2.18. The van der Waals surface area contributed by atoms with Crippen LogP contribution in [0.15, 0.2) is 63.3 Å².